The molecule has 0 radical (unpaired) electrons. The van der Waals surface area contributed by atoms with E-state index in [-0.39, 0.29) is 11.8 Å². The Morgan fingerprint density at radius 1 is 0.444 bits per heavy atom. The fraction of sp³-hybridized carbons (Fsp3) is 0.714. The summed E-state index contributed by atoms with van der Waals surface area (Å²) in [5.41, 5.74) is 0.716. The van der Waals surface area contributed by atoms with Crippen LogP contribution in [0.3, 0.4) is 0 Å². The summed E-state index contributed by atoms with van der Waals surface area (Å²) in [5.74, 6) is -0.0897. The van der Waals surface area contributed by atoms with E-state index in [1.165, 1.54) is 133 Å². The second-order valence-corrected chi connectivity index (χ2v) is 13.1. The first-order valence-corrected chi connectivity index (χ1v) is 19.4. The van der Waals surface area contributed by atoms with Gasteiger partial charge in [-0.1, -0.05) is 159 Å². The van der Waals surface area contributed by atoms with Crippen LogP contribution in [0.5, 0.6) is 0 Å². The van der Waals surface area contributed by atoms with Crippen LogP contribution in [0.15, 0.2) is 54.6 Å². The van der Waals surface area contributed by atoms with Crippen molar-refractivity contribution >= 4 is 17.5 Å². The molecule has 0 fully saturated rings. The molecule has 1 rings (SSSR count). The number of hydrogen-bond acceptors (Lipinski definition) is 2. The molecule has 0 aliphatic heterocycles. The van der Waals surface area contributed by atoms with Gasteiger partial charge in [0, 0.05) is 12.8 Å². The van der Waals surface area contributed by atoms with E-state index in [0.717, 1.165) is 38.5 Å². The zero-order valence-electron chi connectivity index (χ0n) is 29.8. The zero-order chi connectivity index (χ0) is 32.5. The molecule has 3 heteroatoms. The van der Waals surface area contributed by atoms with Gasteiger partial charge in [0.2, 0.25) is 11.8 Å². The van der Waals surface area contributed by atoms with Crippen molar-refractivity contribution in [3.8, 4) is 0 Å². The number of allylic oxidation sites excluding steroid dienone is 4. The van der Waals surface area contributed by atoms with Crippen LogP contribution in [0.1, 0.15) is 194 Å². The number of anilines is 1. The third-order valence-electron chi connectivity index (χ3n) is 8.82. The number of carbonyl (C=O) groups is 2. The minimum absolute atomic E-state index is 0.0448. The Labute approximate surface area is 279 Å². The van der Waals surface area contributed by atoms with Gasteiger partial charge in [0.25, 0.3) is 0 Å². The molecule has 0 N–H and O–H groups in total. The lowest BCUT2D eigenvalue weighted by molar-refractivity contribution is -0.126. The molecule has 0 aromatic heterocycles. The maximum Gasteiger partial charge on any atom is 0.233 e. The summed E-state index contributed by atoms with van der Waals surface area (Å²) in [6.45, 7) is 4.54. The number of rotatable bonds is 31. The smallest absolute Gasteiger partial charge is 0.233 e. The molecule has 0 saturated heterocycles. The topological polar surface area (TPSA) is 37.4 Å². The van der Waals surface area contributed by atoms with Crippen molar-refractivity contribution in [2.75, 3.05) is 4.90 Å². The Hall–Kier alpha value is -2.16. The Balaban J connectivity index is 2.16. The largest absolute Gasteiger partial charge is 0.274 e. The van der Waals surface area contributed by atoms with Crippen molar-refractivity contribution in [2.24, 2.45) is 0 Å². The van der Waals surface area contributed by atoms with Crippen molar-refractivity contribution < 1.29 is 9.59 Å². The Kier molecular flexibility index (Phi) is 28.9. The first-order valence-electron chi connectivity index (χ1n) is 19.4. The SMILES string of the molecule is CCCCCCCC/C=C\CCCCCCCC(=O)N(C(=O)CCCCCCC/C=C\CCCCCCCC)c1ccccc1. The van der Waals surface area contributed by atoms with E-state index in [2.05, 4.69) is 38.2 Å². The maximum absolute atomic E-state index is 13.2. The highest BCUT2D eigenvalue weighted by Crippen LogP contribution is 2.19. The van der Waals surface area contributed by atoms with Gasteiger partial charge in [0.15, 0.2) is 0 Å². The molecule has 256 valence electrons. The number of unbranched alkanes of at least 4 members (excludes halogenated alkanes) is 22. The first kappa shape index (κ1) is 40.9. The van der Waals surface area contributed by atoms with Crippen LogP contribution >= 0.6 is 0 Å². The van der Waals surface area contributed by atoms with Crippen molar-refractivity contribution in [3.63, 3.8) is 0 Å². The second-order valence-electron chi connectivity index (χ2n) is 13.1. The lowest BCUT2D eigenvalue weighted by Crippen LogP contribution is -2.36. The predicted molar refractivity (Wildman–Crippen MR) is 198 cm³/mol. The standard InChI is InChI=1S/C42H71NO2/c1-3-5-7-9-11-13-15-17-19-21-23-25-27-29-34-38-41(44)43(40-36-32-31-33-37-40)42(45)39-35-30-28-26-24-22-20-18-16-14-12-10-8-6-4-2/h17-20,31-33,36-37H,3-16,21-30,34-35,38-39H2,1-2H3/b19-17-,20-18-. The third kappa shape index (κ3) is 24.7. The monoisotopic (exact) mass is 622 g/mol. The number of imide groups is 1. The summed E-state index contributed by atoms with van der Waals surface area (Å²) in [4.78, 5) is 27.8. The molecule has 0 bridgehead atoms. The molecule has 0 aliphatic rings. The predicted octanol–water partition coefficient (Wildman–Crippen LogP) is 13.6. The summed E-state index contributed by atoms with van der Waals surface area (Å²) in [6, 6.07) is 9.52. The van der Waals surface area contributed by atoms with E-state index >= 15 is 0 Å². The van der Waals surface area contributed by atoms with E-state index in [1.807, 2.05) is 30.3 Å². The van der Waals surface area contributed by atoms with Crippen LogP contribution in [0.25, 0.3) is 0 Å². The Morgan fingerprint density at radius 3 is 1.11 bits per heavy atom. The average molecular weight is 622 g/mol. The van der Waals surface area contributed by atoms with E-state index < -0.39 is 0 Å². The molecule has 1 aromatic rings. The highest BCUT2D eigenvalue weighted by molar-refractivity contribution is 6.14. The van der Waals surface area contributed by atoms with Gasteiger partial charge < -0.3 is 0 Å². The van der Waals surface area contributed by atoms with Crippen LogP contribution in [0.4, 0.5) is 5.69 Å². The number of para-hydroxylation sites is 1. The van der Waals surface area contributed by atoms with Gasteiger partial charge in [0.05, 0.1) is 5.69 Å². The molecular formula is C42H71NO2. The molecule has 45 heavy (non-hydrogen) atoms. The first-order chi connectivity index (χ1) is 22.2. The summed E-state index contributed by atoms with van der Waals surface area (Å²) in [5, 5.41) is 0. The van der Waals surface area contributed by atoms with Crippen molar-refractivity contribution in [1.29, 1.82) is 0 Å². The molecule has 2 amide bonds. The molecule has 1 aromatic carbocycles. The van der Waals surface area contributed by atoms with Gasteiger partial charge in [-0.2, -0.15) is 0 Å². The third-order valence-corrected chi connectivity index (χ3v) is 8.82. The summed E-state index contributed by atoms with van der Waals surface area (Å²) in [6.07, 6.45) is 42.5. The lowest BCUT2D eigenvalue weighted by Gasteiger charge is -2.21. The quantitative estimate of drug-likeness (QED) is 0.0611. The van der Waals surface area contributed by atoms with Gasteiger partial charge in [-0.05, 0) is 76.3 Å². The number of nitrogens with zero attached hydrogens (tertiary/aromatic N) is 1. The molecule has 3 nitrogen and oxygen atoms in total. The Morgan fingerprint density at radius 2 is 0.756 bits per heavy atom. The average Bonchev–Trinajstić information content (AvgIpc) is 3.05. The van der Waals surface area contributed by atoms with E-state index in [1.54, 1.807) is 0 Å². The number of hydrogen-bond donors (Lipinski definition) is 0. The van der Waals surface area contributed by atoms with Crippen LogP contribution in [0, 0.1) is 0 Å². The number of benzene rings is 1. The minimum Gasteiger partial charge on any atom is -0.274 e. The summed E-state index contributed by atoms with van der Waals surface area (Å²) < 4.78 is 0. The van der Waals surface area contributed by atoms with Crippen LogP contribution in [0.2, 0.25) is 0 Å². The number of amides is 2. The summed E-state index contributed by atoms with van der Waals surface area (Å²) >= 11 is 0. The molecule has 0 heterocycles. The highest BCUT2D eigenvalue weighted by atomic mass is 16.2. The van der Waals surface area contributed by atoms with Crippen LogP contribution in [-0.4, -0.2) is 11.8 Å². The maximum atomic E-state index is 13.2. The van der Waals surface area contributed by atoms with Gasteiger partial charge >= 0.3 is 0 Å². The highest BCUT2D eigenvalue weighted by Gasteiger charge is 2.22. The van der Waals surface area contributed by atoms with Crippen molar-refractivity contribution in [1.82, 2.24) is 0 Å². The van der Waals surface area contributed by atoms with Crippen LogP contribution < -0.4 is 4.90 Å². The normalized spacial score (nSPS) is 11.6. The van der Waals surface area contributed by atoms with E-state index in [9.17, 15) is 9.59 Å². The molecule has 0 unspecified atom stereocenters. The molecular weight excluding hydrogens is 550 g/mol. The summed E-state index contributed by atoms with van der Waals surface area (Å²) in [7, 11) is 0. The molecule has 0 aliphatic carbocycles. The minimum atomic E-state index is -0.0448. The molecule has 0 atom stereocenters. The second kappa shape index (κ2) is 31.8. The number of carbonyl (C=O) groups excluding carboxylic acids is 2. The fourth-order valence-corrected chi connectivity index (χ4v) is 5.92. The van der Waals surface area contributed by atoms with Crippen molar-refractivity contribution in [2.45, 2.75) is 194 Å². The van der Waals surface area contributed by atoms with E-state index in [0.29, 0.717) is 18.5 Å². The van der Waals surface area contributed by atoms with Gasteiger partial charge in [-0.3, -0.25) is 14.5 Å². The lowest BCUT2D eigenvalue weighted by atomic mass is 10.1. The van der Waals surface area contributed by atoms with Crippen molar-refractivity contribution in [3.05, 3.63) is 54.6 Å². The zero-order valence-corrected chi connectivity index (χ0v) is 29.8. The van der Waals surface area contributed by atoms with Gasteiger partial charge in [-0.15, -0.1) is 0 Å². The van der Waals surface area contributed by atoms with Crippen LogP contribution in [-0.2, 0) is 9.59 Å². The molecule has 0 spiro atoms. The van der Waals surface area contributed by atoms with E-state index in [4.69, 9.17) is 0 Å². The van der Waals surface area contributed by atoms with Gasteiger partial charge in [0.1, 0.15) is 0 Å². The Bertz CT molecular complexity index is 807. The van der Waals surface area contributed by atoms with Gasteiger partial charge in [-0.25, -0.2) is 0 Å². The fourth-order valence-electron chi connectivity index (χ4n) is 5.92. The molecule has 0 saturated carbocycles.